The van der Waals surface area contributed by atoms with Gasteiger partial charge in [-0.2, -0.15) is 23.5 Å². The van der Waals surface area contributed by atoms with Crippen LogP contribution in [0.25, 0.3) is 16.8 Å². The molecule has 0 bridgehead atoms. The lowest BCUT2D eigenvalue weighted by Crippen LogP contribution is -2.34. The third-order valence-electron chi connectivity index (χ3n) is 7.67. The van der Waals surface area contributed by atoms with E-state index in [4.69, 9.17) is 4.74 Å². The average molecular weight is 541 g/mol. The number of ether oxygens (including phenoxy) is 1. The van der Waals surface area contributed by atoms with Gasteiger partial charge in [-0.05, 0) is 63.9 Å². The van der Waals surface area contributed by atoms with E-state index in [1.165, 1.54) is 16.8 Å². The number of nitrogens with one attached hydrogen (secondary N) is 1. The molecule has 1 unspecified atom stereocenters. The number of nitriles is 1. The van der Waals surface area contributed by atoms with Crippen LogP contribution in [0.3, 0.4) is 0 Å². The largest absolute Gasteiger partial charge is 0.481 e. The number of rotatable bonds is 6. The fraction of sp³-hybridized carbons (Fsp3) is 0.423. The average Bonchev–Trinajstić information content (AvgIpc) is 3.51. The summed E-state index contributed by atoms with van der Waals surface area (Å²) in [5.74, 6) is -0.655. The topological polar surface area (TPSA) is 106 Å². The van der Waals surface area contributed by atoms with Gasteiger partial charge in [-0.25, -0.2) is 13.6 Å². The molecule has 2 fully saturated rings. The molecule has 1 aliphatic carbocycles. The van der Waals surface area contributed by atoms with Gasteiger partial charge in [-0.1, -0.05) is 5.21 Å². The van der Waals surface area contributed by atoms with Gasteiger partial charge in [0.2, 0.25) is 0 Å². The molecule has 4 aromatic heterocycles. The lowest BCUT2D eigenvalue weighted by Gasteiger charge is -2.29. The number of piperidine rings is 1. The maximum Gasteiger partial charge on any atom is 0.398 e. The maximum absolute atomic E-state index is 14.3. The summed E-state index contributed by atoms with van der Waals surface area (Å²) in [5, 5.41) is 26.0. The van der Waals surface area contributed by atoms with Crippen LogP contribution in [0.1, 0.15) is 54.8 Å². The normalized spacial score (nSPS) is 18.2. The molecular formula is C26H24F4N8O. The first kappa shape index (κ1) is 25.2. The van der Waals surface area contributed by atoms with Crippen molar-refractivity contribution in [1.29, 1.82) is 5.26 Å². The van der Waals surface area contributed by atoms with Gasteiger partial charge in [0.25, 0.3) is 0 Å². The third-order valence-corrected chi connectivity index (χ3v) is 7.67. The van der Waals surface area contributed by atoms with Crippen molar-refractivity contribution in [3.8, 4) is 23.1 Å². The molecule has 13 heteroatoms. The van der Waals surface area contributed by atoms with Crippen LogP contribution in [-0.2, 0) is 0 Å². The van der Waals surface area contributed by atoms with Crippen molar-refractivity contribution in [3.05, 3.63) is 59.6 Å². The van der Waals surface area contributed by atoms with Gasteiger partial charge in [0, 0.05) is 11.8 Å². The molecule has 1 saturated heterocycles. The zero-order valence-electron chi connectivity index (χ0n) is 20.9. The van der Waals surface area contributed by atoms with Crippen molar-refractivity contribution in [3.63, 3.8) is 0 Å². The first-order valence-electron chi connectivity index (χ1n) is 12.6. The van der Waals surface area contributed by atoms with Crippen molar-refractivity contribution in [2.75, 3.05) is 13.1 Å². The van der Waals surface area contributed by atoms with Gasteiger partial charge in [0.05, 0.1) is 29.8 Å². The van der Waals surface area contributed by atoms with Crippen molar-refractivity contribution < 1.29 is 22.3 Å². The van der Waals surface area contributed by atoms with Gasteiger partial charge < -0.3 is 10.1 Å². The van der Waals surface area contributed by atoms with Crippen molar-refractivity contribution >= 4 is 5.52 Å². The molecule has 0 radical (unpaired) electrons. The van der Waals surface area contributed by atoms with Gasteiger partial charge in [-0.15, -0.1) is 5.10 Å². The minimum atomic E-state index is -4.59. The van der Waals surface area contributed by atoms with E-state index >= 15 is 0 Å². The van der Waals surface area contributed by atoms with E-state index in [9.17, 15) is 22.8 Å². The number of halogens is 4. The highest BCUT2D eigenvalue weighted by Crippen LogP contribution is 2.65. The Morgan fingerprint density at radius 1 is 1.21 bits per heavy atom. The fourth-order valence-corrected chi connectivity index (χ4v) is 5.35. The summed E-state index contributed by atoms with van der Waals surface area (Å²) in [6.07, 6.45) is -0.845. The second kappa shape index (κ2) is 9.30. The predicted molar refractivity (Wildman–Crippen MR) is 130 cm³/mol. The number of aromatic nitrogens is 6. The van der Waals surface area contributed by atoms with Gasteiger partial charge >= 0.3 is 6.18 Å². The molecule has 0 amide bonds. The number of nitrogens with zero attached hydrogens (tertiary/aromatic N) is 7. The quantitative estimate of drug-likeness (QED) is 0.354. The first-order valence-corrected chi connectivity index (χ1v) is 12.6. The Kier molecular flexibility index (Phi) is 6.02. The van der Waals surface area contributed by atoms with Crippen LogP contribution in [0.15, 0.2) is 36.8 Å². The molecule has 0 spiro atoms. The molecule has 1 aliphatic heterocycles. The van der Waals surface area contributed by atoms with Crippen molar-refractivity contribution in [2.24, 2.45) is 5.41 Å². The molecule has 5 heterocycles. The van der Waals surface area contributed by atoms with E-state index in [0.717, 1.165) is 43.9 Å². The van der Waals surface area contributed by atoms with Crippen LogP contribution in [0, 0.1) is 29.5 Å². The molecule has 2 aliphatic rings. The molecule has 9 nitrogen and oxygen atoms in total. The van der Waals surface area contributed by atoms with Crippen molar-refractivity contribution in [2.45, 2.75) is 50.9 Å². The lowest BCUT2D eigenvalue weighted by atomic mass is 9.94. The van der Waals surface area contributed by atoms with E-state index in [0.29, 0.717) is 11.3 Å². The zero-order valence-corrected chi connectivity index (χ0v) is 20.9. The molecule has 4 aromatic rings. The minimum absolute atomic E-state index is 0.0176. The smallest absolute Gasteiger partial charge is 0.398 e. The monoisotopic (exact) mass is 540 g/mol. The molecule has 1 saturated carbocycles. The number of fused-ring (bicyclic) bond motifs is 1. The number of hydrogen-bond acceptors (Lipinski definition) is 7. The SMILES string of the molecule is Cc1c(-c2cc(OC(c3ccc(F)cn3)C3(C(F)(F)F)CC3)c3c(C#N)cnn3c2)nnn1C1CCNCC1. The summed E-state index contributed by atoms with van der Waals surface area (Å²) in [4.78, 5) is 3.94. The van der Waals surface area contributed by atoms with E-state index in [1.807, 2.05) is 17.7 Å². The highest BCUT2D eigenvalue weighted by Gasteiger charge is 2.69. The Bertz CT molecular complexity index is 1560. The second-order valence-corrected chi connectivity index (χ2v) is 10.1. The summed E-state index contributed by atoms with van der Waals surface area (Å²) in [6, 6.07) is 6.01. The van der Waals surface area contributed by atoms with Gasteiger partial charge in [0.15, 0.2) is 6.10 Å². The predicted octanol–water partition coefficient (Wildman–Crippen LogP) is 4.69. The number of hydrogen-bond donors (Lipinski definition) is 1. The molecule has 1 N–H and O–H groups in total. The zero-order chi connectivity index (χ0) is 27.4. The van der Waals surface area contributed by atoms with Crippen LogP contribution in [0.2, 0.25) is 0 Å². The summed E-state index contributed by atoms with van der Waals surface area (Å²) in [6.45, 7) is 3.63. The van der Waals surface area contributed by atoms with Gasteiger partial charge in [0.1, 0.15) is 39.8 Å². The molecule has 6 rings (SSSR count). The second-order valence-electron chi connectivity index (χ2n) is 10.1. The highest BCUT2D eigenvalue weighted by molar-refractivity contribution is 5.75. The standard InChI is InChI=1S/C26H24F4N8O/c1-15-22(35-36-38(15)19-4-8-32-9-5-19)16-10-21(23-17(11-31)12-34-37(23)14-16)39-24(20-3-2-18(27)13-33-20)25(6-7-25)26(28,29)30/h2-3,10,12-14,19,24,32H,4-9H2,1H3. The van der Waals surface area contributed by atoms with E-state index in [1.54, 1.807) is 12.3 Å². The number of pyridine rings is 2. The van der Waals surface area contributed by atoms with Crippen LogP contribution in [0.5, 0.6) is 5.75 Å². The summed E-state index contributed by atoms with van der Waals surface area (Å²) >= 11 is 0. The van der Waals surface area contributed by atoms with E-state index in [-0.39, 0.29) is 41.4 Å². The highest BCUT2D eigenvalue weighted by atomic mass is 19.4. The van der Waals surface area contributed by atoms with Gasteiger partial charge in [-0.3, -0.25) is 4.98 Å². The van der Waals surface area contributed by atoms with E-state index in [2.05, 4.69) is 25.7 Å². The molecule has 1 atom stereocenters. The molecular weight excluding hydrogens is 516 g/mol. The molecule has 0 aromatic carbocycles. The molecule has 39 heavy (non-hydrogen) atoms. The summed E-state index contributed by atoms with van der Waals surface area (Å²) in [7, 11) is 0. The van der Waals surface area contributed by atoms with Crippen LogP contribution in [-0.4, -0.2) is 48.9 Å². The van der Waals surface area contributed by atoms with Crippen LogP contribution < -0.4 is 10.1 Å². The fourth-order valence-electron chi connectivity index (χ4n) is 5.35. The Labute approximate surface area is 220 Å². The Morgan fingerprint density at radius 2 is 1.97 bits per heavy atom. The van der Waals surface area contributed by atoms with E-state index < -0.39 is 23.5 Å². The van der Waals surface area contributed by atoms with Crippen molar-refractivity contribution in [1.82, 2.24) is 34.9 Å². The lowest BCUT2D eigenvalue weighted by molar-refractivity contribution is -0.212. The minimum Gasteiger partial charge on any atom is -0.481 e. The van der Waals surface area contributed by atoms with Crippen LogP contribution >= 0.6 is 0 Å². The van der Waals surface area contributed by atoms with Crippen LogP contribution in [0.4, 0.5) is 17.6 Å². The molecule has 202 valence electrons. The Morgan fingerprint density at radius 3 is 2.62 bits per heavy atom. The summed E-state index contributed by atoms with van der Waals surface area (Å²) in [5.41, 5.74) is -0.0466. The Hall–Kier alpha value is -4.05. The maximum atomic E-state index is 14.3. The third kappa shape index (κ3) is 4.28. The Balaban J connectivity index is 1.47. The summed E-state index contributed by atoms with van der Waals surface area (Å²) < 4.78 is 66.0. The first-order chi connectivity index (χ1) is 18.7. The number of alkyl halides is 3.